The van der Waals surface area contributed by atoms with Crippen LogP contribution in [0.3, 0.4) is 0 Å². The number of hydrogen-bond donors (Lipinski definition) is 0. The molecule has 0 saturated carbocycles. The molecule has 0 bridgehead atoms. The van der Waals surface area contributed by atoms with Crippen LogP contribution in [0.1, 0.15) is 67.2 Å². The van der Waals surface area contributed by atoms with Gasteiger partial charge in [0, 0.05) is 12.8 Å². The van der Waals surface area contributed by atoms with Crippen LogP contribution in [-0.2, 0) is 19.2 Å². The van der Waals surface area contributed by atoms with Crippen molar-refractivity contribution in [3.63, 3.8) is 0 Å². The van der Waals surface area contributed by atoms with Crippen LogP contribution in [0.15, 0.2) is 23.3 Å². The van der Waals surface area contributed by atoms with Crippen molar-refractivity contribution in [2.24, 2.45) is 11.8 Å². The summed E-state index contributed by atoms with van der Waals surface area (Å²) in [6.07, 6.45) is 7.21. The lowest BCUT2D eigenvalue weighted by atomic mass is 9.97. The summed E-state index contributed by atoms with van der Waals surface area (Å²) in [7, 11) is 0. The van der Waals surface area contributed by atoms with Gasteiger partial charge in [-0.15, -0.1) is 0 Å². The third-order valence-electron chi connectivity index (χ3n) is 3.58. The molecule has 0 aromatic rings. The van der Waals surface area contributed by atoms with E-state index in [1.165, 1.54) is 0 Å². The summed E-state index contributed by atoms with van der Waals surface area (Å²) in [6, 6.07) is 0. The number of aldehydes is 2. The van der Waals surface area contributed by atoms with E-state index in [-0.39, 0.29) is 11.6 Å². The third kappa shape index (κ3) is 15.1. The molecule has 0 rings (SSSR count). The summed E-state index contributed by atoms with van der Waals surface area (Å²) in [5.41, 5.74) is 2.11. The molecule has 0 aliphatic heterocycles. The number of allylic oxidation sites excluding steroid dienone is 4. The first-order valence-corrected chi connectivity index (χ1v) is 8.42. The van der Waals surface area contributed by atoms with Gasteiger partial charge in [0.15, 0.2) is 0 Å². The fourth-order valence-electron chi connectivity index (χ4n) is 1.94. The Labute approximate surface area is 146 Å². The van der Waals surface area contributed by atoms with Gasteiger partial charge in [-0.25, -0.2) is 0 Å². The normalized spacial score (nSPS) is 11.8. The van der Waals surface area contributed by atoms with Crippen LogP contribution < -0.4 is 0 Å². The van der Waals surface area contributed by atoms with Crippen LogP contribution in [0, 0.1) is 11.8 Å². The molecule has 0 saturated heterocycles. The van der Waals surface area contributed by atoms with Crippen LogP contribution in [-0.4, -0.2) is 24.1 Å². The lowest BCUT2D eigenvalue weighted by Gasteiger charge is -2.08. The predicted molar refractivity (Wildman–Crippen MR) is 97.8 cm³/mol. The molecule has 0 atom stereocenters. The topological polar surface area (TPSA) is 68.3 Å². The van der Waals surface area contributed by atoms with Crippen molar-refractivity contribution in [2.45, 2.75) is 67.2 Å². The number of Topliss-reactive ketones (excluding diaryl/α,β-unsaturated/α-hetero) is 2. The zero-order chi connectivity index (χ0) is 19.1. The molecule has 0 radical (unpaired) electrons. The summed E-state index contributed by atoms with van der Waals surface area (Å²) in [4.78, 5) is 41.7. The smallest absolute Gasteiger partial charge is 0.142 e. The Kier molecular flexibility index (Phi) is 15.0. The zero-order valence-corrected chi connectivity index (χ0v) is 15.9. The number of rotatable bonds is 10. The van der Waals surface area contributed by atoms with Crippen molar-refractivity contribution in [1.29, 1.82) is 0 Å². The third-order valence-corrected chi connectivity index (χ3v) is 3.58. The molecule has 0 aromatic heterocycles. The van der Waals surface area contributed by atoms with E-state index in [0.29, 0.717) is 37.5 Å². The van der Waals surface area contributed by atoms with Gasteiger partial charge in [0.05, 0.1) is 0 Å². The molecular formula is C20H32O4. The first-order chi connectivity index (χ1) is 11.1. The van der Waals surface area contributed by atoms with Gasteiger partial charge in [0.25, 0.3) is 0 Å². The molecule has 0 unspecified atom stereocenters. The molecule has 0 fully saturated rings. The summed E-state index contributed by atoms with van der Waals surface area (Å²) in [5, 5.41) is 0. The van der Waals surface area contributed by atoms with Gasteiger partial charge in [-0.2, -0.15) is 0 Å². The van der Waals surface area contributed by atoms with Gasteiger partial charge in [-0.05, 0) is 50.7 Å². The van der Waals surface area contributed by atoms with Crippen LogP contribution in [0.4, 0.5) is 0 Å². The lowest BCUT2D eigenvalue weighted by molar-refractivity contribution is -0.117. The molecule has 4 heteroatoms. The Bertz CT molecular complexity index is 424. The highest BCUT2D eigenvalue weighted by atomic mass is 16.1. The van der Waals surface area contributed by atoms with Crippen molar-refractivity contribution in [3.8, 4) is 0 Å². The van der Waals surface area contributed by atoms with Crippen LogP contribution >= 0.6 is 0 Å². The van der Waals surface area contributed by atoms with Crippen LogP contribution in [0.2, 0.25) is 0 Å². The second kappa shape index (κ2) is 14.7. The highest BCUT2D eigenvalue weighted by Crippen LogP contribution is 2.15. The van der Waals surface area contributed by atoms with E-state index >= 15 is 0 Å². The van der Waals surface area contributed by atoms with E-state index < -0.39 is 0 Å². The number of carbonyl (C=O) groups is 4. The van der Waals surface area contributed by atoms with E-state index in [1.54, 1.807) is 26.0 Å². The highest BCUT2D eigenvalue weighted by molar-refractivity contribution is 5.76. The summed E-state index contributed by atoms with van der Waals surface area (Å²) >= 11 is 0. The molecule has 0 spiro atoms. The van der Waals surface area contributed by atoms with E-state index in [1.807, 2.05) is 27.7 Å². The van der Waals surface area contributed by atoms with E-state index in [2.05, 4.69) is 0 Å². The van der Waals surface area contributed by atoms with Crippen molar-refractivity contribution >= 4 is 24.1 Å². The van der Waals surface area contributed by atoms with Crippen molar-refractivity contribution in [2.75, 3.05) is 0 Å². The molecule has 0 aliphatic rings. The monoisotopic (exact) mass is 336 g/mol. The average molecular weight is 336 g/mol. The molecule has 0 amide bonds. The molecule has 0 heterocycles. The second-order valence-electron chi connectivity index (χ2n) is 6.47. The maximum atomic E-state index is 10.7. The Hall–Kier alpha value is -1.84. The SMILES string of the molecule is CC(=O)CC/C(=C\C=O)C(C)C.CC(=O)CC/C(=C\C=O)C(C)C. The summed E-state index contributed by atoms with van der Waals surface area (Å²) < 4.78 is 0. The fraction of sp³-hybridized carbons (Fsp3) is 0.600. The van der Waals surface area contributed by atoms with E-state index in [0.717, 1.165) is 23.7 Å². The Morgan fingerprint density at radius 2 is 0.958 bits per heavy atom. The van der Waals surface area contributed by atoms with Gasteiger partial charge in [-0.1, -0.05) is 38.8 Å². The molecule has 136 valence electrons. The minimum atomic E-state index is 0.174. The first-order valence-electron chi connectivity index (χ1n) is 8.42. The fourth-order valence-corrected chi connectivity index (χ4v) is 1.94. The predicted octanol–water partition coefficient (Wildman–Crippen LogP) is 4.27. The maximum Gasteiger partial charge on any atom is 0.142 e. The highest BCUT2D eigenvalue weighted by Gasteiger charge is 2.04. The Morgan fingerprint density at radius 3 is 1.12 bits per heavy atom. The number of ketones is 2. The molecule has 4 nitrogen and oxygen atoms in total. The number of carbonyl (C=O) groups excluding carboxylic acids is 4. The molecule has 0 N–H and O–H groups in total. The van der Waals surface area contributed by atoms with Crippen molar-refractivity contribution in [3.05, 3.63) is 23.3 Å². The van der Waals surface area contributed by atoms with Crippen LogP contribution in [0.5, 0.6) is 0 Å². The van der Waals surface area contributed by atoms with Crippen molar-refractivity contribution < 1.29 is 19.2 Å². The lowest BCUT2D eigenvalue weighted by Crippen LogP contribution is -1.98. The number of hydrogen-bond acceptors (Lipinski definition) is 4. The van der Waals surface area contributed by atoms with Crippen molar-refractivity contribution in [1.82, 2.24) is 0 Å². The average Bonchev–Trinajstić information content (AvgIpc) is 2.47. The standard InChI is InChI=1S/2C10H16O2/c2*1-8(2)10(6-7-11)5-4-9(3)12/h2*6-8H,4-5H2,1-3H3/b2*10-6+. The van der Waals surface area contributed by atoms with Gasteiger partial charge in [0.2, 0.25) is 0 Å². The van der Waals surface area contributed by atoms with Gasteiger partial charge >= 0.3 is 0 Å². The Morgan fingerprint density at radius 1 is 0.667 bits per heavy atom. The first kappa shape index (κ1) is 24.4. The zero-order valence-electron chi connectivity index (χ0n) is 15.9. The maximum absolute atomic E-state index is 10.7. The van der Waals surface area contributed by atoms with Crippen LogP contribution in [0.25, 0.3) is 0 Å². The van der Waals surface area contributed by atoms with Gasteiger partial charge in [0.1, 0.15) is 24.1 Å². The van der Waals surface area contributed by atoms with Gasteiger partial charge < -0.3 is 9.59 Å². The van der Waals surface area contributed by atoms with E-state index in [9.17, 15) is 19.2 Å². The largest absolute Gasteiger partial charge is 0.300 e. The summed E-state index contributed by atoms with van der Waals surface area (Å²) in [5.74, 6) is 1.06. The van der Waals surface area contributed by atoms with Gasteiger partial charge in [-0.3, -0.25) is 9.59 Å². The van der Waals surface area contributed by atoms with E-state index in [4.69, 9.17) is 0 Å². The minimum Gasteiger partial charge on any atom is -0.300 e. The minimum absolute atomic E-state index is 0.174. The second-order valence-corrected chi connectivity index (χ2v) is 6.47. The molecule has 0 aliphatic carbocycles. The molecule has 0 aromatic carbocycles. The molecular weight excluding hydrogens is 304 g/mol. The Balaban J connectivity index is 0. The summed E-state index contributed by atoms with van der Waals surface area (Å²) in [6.45, 7) is 11.2. The molecule has 24 heavy (non-hydrogen) atoms. The quantitative estimate of drug-likeness (QED) is 0.441.